The molecule has 0 bridgehead atoms. The monoisotopic (exact) mass is 408 g/mol. The van der Waals surface area contributed by atoms with Crippen molar-refractivity contribution in [2.75, 3.05) is 4.90 Å². The van der Waals surface area contributed by atoms with Gasteiger partial charge in [-0.3, -0.25) is 14.9 Å². The van der Waals surface area contributed by atoms with Crippen molar-refractivity contribution in [1.29, 1.82) is 0 Å². The van der Waals surface area contributed by atoms with Gasteiger partial charge >= 0.3 is 12.0 Å². The Hall–Kier alpha value is -3.94. The lowest BCUT2D eigenvalue weighted by Gasteiger charge is -2.26. The van der Waals surface area contributed by atoms with E-state index in [1.165, 1.54) is 25.1 Å². The number of benzene rings is 2. The first-order valence-corrected chi connectivity index (χ1v) is 9.15. The zero-order valence-electron chi connectivity index (χ0n) is 16.6. The average Bonchev–Trinajstić information content (AvgIpc) is 2.69. The molecule has 4 amide bonds. The van der Waals surface area contributed by atoms with E-state index in [-0.39, 0.29) is 5.57 Å². The fourth-order valence-electron chi connectivity index (χ4n) is 2.82. The molecule has 0 saturated carbocycles. The largest absolute Gasteiger partial charge is 0.479 e. The van der Waals surface area contributed by atoms with E-state index in [9.17, 15) is 19.2 Å². The van der Waals surface area contributed by atoms with E-state index in [1.54, 1.807) is 30.3 Å². The maximum Gasteiger partial charge on any atom is 0.344 e. The lowest BCUT2D eigenvalue weighted by molar-refractivity contribution is -0.144. The summed E-state index contributed by atoms with van der Waals surface area (Å²) >= 11 is 0. The highest BCUT2D eigenvalue weighted by Gasteiger charge is 2.36. The molecule has 0 spiro atoms. The second-order valence-electron chi connectivity index (χ2n) is 6.89. The Balaban J connectivity index is 1.88. The maximum atomic E-state index is 12.9. The number of aryl methyl sites for hydroxylation is 2. The molecule has 2 aromatic carbocycles. The van der Waals surface area contributed by atoms with Gasteiger partial charge < -0.3 is 9.84 Å². The Kier molecular flexibility index (Phi) is 5.68. The number of barbiturate groups is 1. The summed E-state index contributed by atoms with van der Waals surface area (Å²) in [6.45, 7) is 5.18. The smallest absolute Gasteiger partial charge is 0.344 e. The fourth-order valence-corrected chi connectivity index (χ4v) is 2.82. The highest BCUT2D eigenvalue weighted by molar-refractivity contribution is 6.39. The predicted molar refractivity (Wildman–Crippen MR) is 109 cm³/mol. The van der Waals surface area contributed by atoms with Gasteiger partial charge in [-0.15, -0.1) is 0 Å². The highest BCUT2D eigenvalue weighted by atomic mass is 16.5. The topological polar surface area (TPSA) is 113 Å². The summed E-state index contributed by atoms with van der Waals surface area (Å²) < 4.78 is 5.25. The number of imide groups is 2. The highest BCUT2D eigenvalue weighted by Crippen LogP contribution is 2.24. The minimum atomic E-state index is -1.10. The number of aliphatic carboxylic acids is 1. The summed E-state index contributed by atoms with van der Waals surface area (Å²) in [6, 6.07) is 10.5. The number of carbonyl (C=O) groups is 4. The van der Waals surface area contributed by atoms with Crippen molar-refractivity contribution in [3.05, 3.63) is 64.7 Å². The van der Waals surface area contributed by atoms with E-state index in [4.69, 9.17) is 9.84 Å². The average molecular weight is 408 g/mol. The van der Waals surface area contributed by atoms with Crippen LogP contribution >= 0.6 is 0 Å². The normalized spacial score (nSPS) is 16.4. The first-order chi connectivity index (χ1) is 14.2. The zero-order valence-corrected chi connectivity index (χ0v) is 16.6. The fraction of sp³-hybridized carbons (Fsp3) is 0.182. The van der Waals surface area contributed by atoms with Crippen LogP contribution in [0.15, 0.2) is 48.0 Å². The number of amides is 4. The molecular weight excluding hydrogens is 388 g/mol. The molecule has 0 aromatic heterocycles. The van der Waals surface area contributed by atoms with Crippen LogP contribution in [0.4, 0.5) is 10.5 Å². The predicted octanol–water partition coefficient (Wildman–Crippen LogP) is 2.82. The van der Waals surface area contributed by atoms with Crippen molar-refractivity contribution in [3.8, 4) is 5.75 Å². The second kappa shape index (κ2) is 8.20. The van der Waals surface area contributed by atoms with Crippen LogP contribution in [0, 0.1) is 13.8 Å². The van der Waals surface area contributed by atoms with Crippen LogP contribution in [-0.2, 0) is 14.4 Å². The first-order valence-electron chi connectivity index (χ1n) is 9.15. The molecule has 8 nitrogen and oxygen atoms in total. The first kappa shape index (κ1) is 20.8. The summed E-state index contributed by atoms with van der Waals surface area (Å²) in [5.41, 5.74) is 2.60. The molecule has 0 aliphatic carbocycles. The Morgan fingerprint density at radius 1 is 1.07 bits per heavy atom. The van der Waals surface area contributed by atoms with Crippen molar-refractivity contribution >= 4 is 35.6 Å². The molecule has 154 valence electrons. The maximum absolute atomic E-state index is 12.9. The van der Waals surface area contributed by atoms with Crippen LogP contribution in [0.3, 0.4) is 0 Å². The van der Waals surface area contributed by atoms with Gasteiger partial charge in [0.05, 0.1) is 5.69 Å². The lowest BCUT2D eigenvalue weighted by atomic mass is 10.1. The molecule has 1 saturated heterocycles. The number of carboxylic acid groups (broad SMARTS) is 1. The standard InChI is InChI=1S/C22H20N2O6/c1-12-4-7-16(10-13(12)2)24-20(26)18(19(25)23-22(24)29)11-15-5-8-17(9-6-15)30-14(3)21(27)28/h4-11,14H,1-3H3,(H,27,28)(H,23,25,29)/b18-11-. The number of hydrogen-bond donors (Lipinski definition) is 2. The van der Waals surface area contributed by atoms with Crippen LogP contribution in [0.25, 0.3) is 6.08 Å². The SMILES string of the molecule is Cc1ccc(N2C(=O)NC(=O)/C(=C/c3ccc(OC(C)C(=O)O)cc3)C2=O)cc1C. The molecule has 1 heterocycles. The van der Waals surface area contributed by atoms with Gasteiger partial charge in [0.25, 0.3) is 11.8 Å². The van der Waals surface area contributed by atoms with Gasteiger partial charge in [0.2, 0.25) is 0 Å². The Labute approximate surface area is 172 Å². The van der Waals surface area contributed by atoms with Crippen molar-refractivity contribution in [2.24, 2.45) is 0 Å². The zero-order chi connectivity index (χ0) is 22.0. The third-order valence-corrected chi connectivity index (χ3v) is 4.70. The number of anilines is 1. The number of carboxylic acids is 1. The molecule has 2 aromatic rings. The number of rotatable bonds is 5. The number of nitrogens with zero attached hydrogens (tertiary/aromatic N) is 1. The van der Waals surface area contributed by atoms with E-state index in [1.807, 2.05) is 13.8 Å². The molecule has 8 heteroatoms. The van der Waals surface area contributed by atoms with Crippen LogP contribution in [0.2, 0.25) is 0 Å². The minimum Gasteiger partial charge on any atom is -0.479 e. The van der Waals surface area contributed by atoms with E-state index in [0.29, 0.717) is 17.0 Å². The molecule has 0 radical (unpaired) electrons. The second-order valence-corrected chi connectivity index (χ2v) is 6.89. The van der Waals surface area contributed by atoms with Gasteiger partial charge in [-0.25, -0.2) is 14.5 Å². The van der Waals surface area contributed by atoms with E-state index >= 15 is 0 Å². The van der Waals surface area contributed by atoms with Crippen molar-refractivity contribution < 1.29 is 29.0 Å². The molecule has 1 aliphatic rings. The summed E-state index contributed by atoms with van der Waals surface area (Å²) in [4.78, 5) is 49.3. The van der Waals surface area contributed by atoms with Crippen LogP contribution in [0.1, 0.15) is 23.6 Å². The number of nitrogens with one attached hydrogen (secondary N) is 1. The number of urea groups is 1. The van der Waals surface area contributed by atoms with Crippen LogP contribution in [0.5, 0.6) is 5.75 Å². The molecule has 1 unspecified atom stereocenters. The van der Waals surface area contributed by atoms with Gasteiger partial charge in [-0.05, 0) is 67.8 Å². The molecule has 1 aliphatic heterocycles. The van der Waals surface area contributed by atoms with Crippen LogP contribution in [-0.4, -0.2) is 35.0 Å². The van der Waals surface area contributed by atoms with Crippen molar-refractivity contribution in [2.45, 2.75) is 26.9 Å². The van der Waals surface area contributed by atoms with Gasteiger partial charge in [0, 0.05) is 0 Å². The molecule has 1 atom stereocenters. The van der Waals surface area contributed by atoms with Gasteiger partial charge in [-0.2, -0.15) is 0 Å². The quantitative estimate of drug-likeness (QED) is 0.581. The van der Waals surface area contributed by atoms with Crippen LogP contribution < -0.4 is 15.0 Å². The summed E-state index contributed by atoms with van der Waals surface area (Å²) in [7, 11) is 0. The third-order valence-electron chi connectivity index (χ3n) is 4.70. The molecule has 1 fully saturated rings. The Morgan fingerprint density at radius 3 is 2.33 bits per heavy atom. The third kappa shape index (κ3) is 4.22. The number of hydrogen-bond acceptors (Lipinski definition) is 5. The molecule has 3 rings (SSSR count). The Bertz CT molecular complexity index is 1070. The summed E-state index contributed by atoms with van der Waals surface area (Å²) in [6.07, 6.45) is 0.347. The van der Waals surface area contributed by atoms with E-state index < -0.39 is 29.9 Å². The number of carbonyl (C=O) groups excluding carboxylic acids is 3. The molecule has 2 N–H and O–H groups in total. The van der Waals surface area contributed by atoms with Gasteiger partial charge in [0.1, 0.15) is 11.3 Å². The van der Waals surface area contributed by atoms with Crippen molar-refractivity contribution in [1.82, 2.24) is 5.32 Å². The minimum absolute atomic E-state index is 0.194. The van der Waals surface area contributed by atoms with Crippen molar-refractivity contribution in [3.63, 3.8) is 0 Å². The summed E-state index contributed by atoms with van der Waals surface area (Å²) in [5.74, 6) is -2.28. The van der Waals surface area contributed by atoms with Gasteiger partial charge in [0.15, 0.2) is 6.10 Å². The lowest BCUT2D eigenvalue weighted by Crippen LogP contribution is -2.54. The molecule has 30 heavy (non-hydrogen) atoms. The van der Waals surface area contributed by atoms with E-state index in [2.05, 4.69) is 5.32 Å². The summed E-state index contributed by atoms with van der Waals surface area (Å²) in [5, 5.41) is 11.1. The Morgan fingerprint density at radius 2 is 1.73 bits per heavy atom. The van der Waals surface area contributed by atoms with Gasteiger partial charge in [-0.1, -0.05) is 18.2 Å². The molecular formula is C22H20N2O6. The van der Waals surface area contributed by atoms with E-state index in [0.717, 1.165) is 16.0 Å². The number of ether oxygens (including phenoxy) is 1.